The van der Waals surface area contributed by atoms with Gasteiger partial charge in [0.25, 0.3) is 5.56 Å². The van der Waals surface area contributed by atoms with E-state index in [0.717, 1.165) is 16.8 Å². The maximum Gasteiger partial charge on any atom is 0.270 e. The number of ether oxygens (including phenoxy) is 1. The Kier molecular flexibility index (Phi) is 3.73. The van der Waals surface area contributed by atoms with Crippen molar-refractivity contribution in [3.8, 4) is 5.75 Å². The van der Waals surface area contributed by atoms with Crippen molar-refractivity contribution in [3.05, 3.63) is 67.0 Å². The van der Waals surface area contributed by atoms with E-state index in [-0.39, 0.29) is 11.3 Å². The zero-order valence-electron chi connectivity index (χ0n) is 16.5. The molecule has 0 saturated heterocycles. The van der Waals surface area contributed by atoms with Crippen LogP contribution in [0.25, 0.3) is 6.08 Å². The molecule has 29 heavy (non-hydrogen) atoms. The molecule has 1 aromatic carbocycles. The van der Waals surface area contributed by atoms with E-state index in [1.54, 1.807) is 15.4 Å². The zero-order chi connectivity index (χ0) is 20.5. The number of aryl methyl sites for hydroxylation is 1. The summed E-state index contributed by atoms with van der Waals surface area (Å²) in [6, 6.07) is 7.13. The minimum Gasteiger partial charge on any atom is -0.465 e. The van der Waals surface area contributed by atoms with Crippen LogP contribution < -0.4 is 19.6 Å². The topological polar surface area (TPSA) is 78.5 Å². The first-order valence-electron chi connectivity index (χ1n) is 9.40. The van der Waals surface area contributed by atoms with Gasteiger partial charge in [-0.25, -0.2) is 4.99 Å². The molecule has 0 N–H and O–H groups in total. The number of hydrogen-bond donors (Lipinski definition) is 0. The number of carbonyl (C=O) groups is 1. The summed E-state index contributed by atoms with van der Waals surface area (Å²) in [5.74, 6) is 0.0527. The first kappa shape index (κ1) is 18.1. The summed E-state index contributed by atoms with van der Waals surface area (Å²) >= 11 is 1.32. The van der Waals surface area contributed by atoms with Crippen LogP contribution in [0.1, 0.15) is 36.7 Å². The average Bonchev–Trinajstić information content (AvgIpc) is 3.13. The Bertz CT molecular complexity index is 1350. The quantitative estimate of drug-likeness (QED) is 0.641. The summed E-state index contributed by atoms with van der Waals surface area (Å²) in [5, 5.41) is 4.25. The van der Waals surface area contributed by atoms with Crippen LogP contribution in [0.3, 0.4) is 0 Å². The van der Waals surface area contributed by atoms with E-state index in [2.05, 4.69) is 5.10 Å². The van der Waals surface area contributed by atoms with Gasteiger partial charge < -0.3 is 4.74 Å². The van der Waals surface area contributed by atoms with Crippen molar-refractivity contribution in [2.75, 3.05) is 0 Å². The number of Topliss-reactive ketones (excluding diaryl/α,β-unsaturated/α-hetero) is 1. The van der Waals surface area contributed by atoms with Crippen LogP contribution in [0.4, 0.5) is 0 Å². The molecule has 3 aromatic rings. The number of rotatable bonds is 2. The standard InChI is InChI=1S/C21H20N4O3S/c1-11-13(10-22-24(11)4)9-16-19(27)25-18-14-7-5-6-8-15(14)28-21(3,17(18)12(2)26)23-20(25)29-16/h5-10,17-18H,1-4H3/b16-9+/t17-,18+,21+/m0/s1. The summed E-state index contributed by atoms with van der Waals surface area (Å²) in [6.45, 7) is 5.32. The molecule has 3 atom stereocenters. The molecular formula is C21H20N4O3S. The molecular weight excluding hydrogens is 388 g/mol. The molecule has 8 heteroatoms. The van der Waals surface area contributed by atoms with Crippen LogP contribution in [0.5, 0.6) is 5.75 Å². The van der Waals surface area contributed by atoms with E-state index in [4.69, 9.17) is 9.73 Å². The van der Waals surface area contributed by atoms with Crippen LogP contribution in [-0.4, -0.2) is 25.9 Å². The van der Waals surface area contributed by atoms with Crippen molar-refractivity contribution in [3.63, 3.8) is 0 Å². The normalized spacial score (nSPS) is 25.0. The molecule has 5 rings (SSSR count). The molecule has 0 unspecified atom stereocenters. The van der Waals surface area contributed by atoms with Crippen molar-refractivity contribution in [2.24, 2.45) is 18.0 Å². The molecule has 0 radical (unpaired) electrons. The summed E-state index contributed by atoms with van der Waals surface area (Å²) in [7, 11) is 1.87. The minimum atomic E-state index is -1.04. The molecule has 148 valence electrons. The van der Waals surface area contributed by atoms with Gasteiger partial charge in [0.1, 0.15) is 17.5 Å². The monoisotopic (exact) mass is 408 g/mol. The Morgan fingerprint density at radius 1 is 1.34 bits per heavy atom. The molecule has 0 fully saturated rings. The van der Waals surface area contributed by atoms with Gasteiger partial charge in [0.05, 0.1) is 16.8 Å². The number of carbonyl (C=O) groups excluding carboxylic acids is 1. The van der Waals surface area contributed by atoms with Crippen molar-refractivity contribution in [1.29, 1.82) is 0 Å². The molecule has 2 aliphatic rings. The van der Waals surface area contributed by atoms with Crippen LogP contribution in [0.15, 0.2) is 40.2 Å². The molecule has 0 aliphatic carbocycles. The van der Waals surface area contributed by atoms with Gasteiger partial charge in [0, 0.05) is 23.9 Å². The van der Waals surface area contributed by atoms with E-state index >= 15 is 0 Å². The average molecular weight is 408 g/mol. The number of thiazole rings is 1. The summed E-state index contributed by atoms with van der Waals surface area (Å²) < 4.78 is 10.2. The van der Waals surface area contributed by atoms with Crippen molar-refractivity contribution >= 4 is 23.2 Å². The highest BCUT2D eigenvalue weighted by molar-refractivity contribution is 7.07. The number of nitrogens with zero attached hydrogens (tertiary/aromatic N) is 4. The van der Waals surface area contributed by atoms with Crippen LogP contribution in [0.2, 0.25) is 0 Å². The van der Waals surface area contributed by atoms with Gasteiger partial charge in [0.15, 0.2) is 4.80 Å². The highest BCUT2D eigenvalue weighted by Gasteiger charge is 2.53. The second kappa shape index (κ2) is 6.00. The number of ketones is 1. The maximum absolute atomic E-state index is 13.4. The molecule has 2 aromatic heterocycles. The predicted molar refractivity (Wildman–Crippen MR) is 109 cm³/mol. The molecule has 7 nitrogen and oxygen atoms in total. The Balaban J connectivity index is 1.82. The fourth-order valence-corrected chi connectivity index (χ4v) is 5.44. The van der Waals surface area contributed by atoms with Crippen LogP contribution in [-0.2, 0) is 11.8 Å². The molecule has 2 aliphatic heterocycles. The Hall–Kier alpha value is -3.00. The van der Waals surface area contributed by atoms with Crippen molar-refractivity contribution in [1.82, 2.24) is 14.3 Å². The number of fused-ring (bicyclic) bond motifs is 6. The van der Waals surface area contributed by atoms with Crippen LogP contribution in [0, 0.1) is 12.8 Å². The minimum absolute atomic E-state index is 0.0480. The second-order valence-electron chi connectivity index (χ2n) is 7.72. The fourth-order valence-electron chi connectivity index (χ4n) is 4.35. The Morgan fingerprint density at radius 3 is 2.79 bits per heavy atom. The van der Waals surface area contributed by atoms with Gasteiger partial charge in [-0.1, -0.05) is 29.5 Å². The lowest BCUT2D eigenvalue weighted by Gasteiger charge is -2.45. The highest BCUT2D eigenvalue weighted by Crippen LogP contribution is 2.47. The molecule has 0 saturated carbocycles. The fraction of sp³-hybridized carbons (Fsp3) is 0.333. The Labute approximate surface area is 170 Å². The summed E-state index contributed by atoms with van der Waals surface area (Å²) in [4.78, 5) is 31.4. The number of hydrogen-bond acceptors (Lipinski definition) is 6. The van der Waals surface area contributed by atoms with E-state index in [0.29, 0.717) is 15.1 Å². The molecule has 0 spiro atoms. The zero-order valence-corrected chi connectivity index (χ0v) is 17.4. The third-order valence-corrected chi connectivity index (χ3v) is 6.86. The van der Waals surface area contributed by atoms with E-state index < -0.39 is 17.7 Å². The lowest BCUT2D eigenvalue weighted by molar-refractivity contribution is -0.132. The van der Waals surface area contributed by atoms with E-state index in [1.807, 2.05) is 51.2 Å². The number of aromatic nitrogens is 3. The van der Waals surface area contributed by atoms with E-state index in [9.17, 15) is 9.59 Å². The first-order valence-corrected chi connectivity index (χ1v) is 10.2. The van der Waals surface area contributed by atoms with Crippen LogP contribution >= 0.6 is 11.3 Å². The predicted octanol–water partition coefficient (Wildman–Crippen LogP) is 1.32. The van der Waals surface area contributed by atoms with E-state index in [1.165, 1.54) is 18.3 Å². The van der Waals surface area contributed by atoms with Gasteiger partial charge in [-0.15, -0.1) is 0 Å². The van der Waals surface area contributed by atoms with Gasteiger partial charge in [-0.2, -0.15) is 5.10 Å². The van der Waals surface area contributed by atoms with Gasteiger partial charge in [-0.05, 0) is 32.9 Å². The number of para-hydroxylation sites is 1. The second-order valence-corrected chi connectivity index (χ2v) is 8.73. The lowest BCUT2D eigenvalue weighted by Crippen LogP contribution is -2.58. The third-order valence-electron chi connectivity index (χ3n) is 5.88. The molecule has 2 bridgehead atoms. The van der Waals surface area contributed by atoms with Gasteiger partial charge in [0.2, 0.25) is 5.72 Å². The highest BCUT2D eigenvalue weighted by atomic mass is 32.1. The number of benzene rings is 1. The largest absolute Gasteiger partial charge is 0.465 e. The maximum atomic E-state index is 13.4. The molecule has 0 amide bonds. The summed E-state index contributed by atoms with van der Waals surface area (Å²) in [5.41, 5.74) is 1.51. The first-order chi connectivity index (χ1) is 13.8. The van der Waals surface area contributed by atoms with Gasteiger partial charge >= 0.3 is 0 Å². The Morgan fingerprint density at radius 2 is 2.10 bits per heavy atom. The smallest absolute Gasteiger partial charge is 0.270 e. The third kappa shape index (κ3) is 2.48. The summed E-state index contributed by atoms with van der Waals surface area (Å²) in [6.07, 6.45) is 3.59. The SMILES string of the molecule is CC(=O)[C@H]1[C@H]2c3ccccc3O[C@@]1(C)N=c1s/c(=C/c3cnn(C)c3C)c(=O)n12. The van der Waals surface area contributed by atoms with Crippen molar-refractivity contribution in [2.45, 2.75) is 32.5 Å². The van der Waals surface area contributed by atoms with Gasteiger partial charge in [-0.3, -0.25) is 18.8 Å². The lowest BCUT2D eigenvalue weighted by atomic mass is 9.79. The van der Waals surface area contributed by atoms with Crippen molar-refractivity contribution < 1.29 is 9.53 Å². The molecule has 4 heterocycles.